The molecule has 21 heavy (non-hydrogen) atoms. The minimum Gasteiger partial charge on any atom is -0.307 e. The van der Waals surface area contributed by atoms with Gasteiger partial charge in [-0.1, -0.05) is 67.2 Å². The third-order valence-electron chi connectivity index (χ3n) is 4.77. The molecule has 0 aromatic heterocycles. The Balaban J connectivity index is 2.11. The summed E-state index contributed by atoms with van der Waals surface area (Å²) in [5.41, 5.74) is 1.56. The number of benzene rings is 1. The van der Waals surface area contributed by atoms with E-state index < -0.39 is 0 Å². The fourth-order valence-electron chi connectivity index (χ4n) is 3.63. The standard InChI is InChI=1S/C18H27BrClN/c1-12(14-10-9-13(19)11-16(14)20)21-17-8-6-5-7-15(17)18(2,3)4/h9-12,15,17,21H,5-8H2,1-4H3. The van der Waals surface area contributed by atoms with Gasteiger partial charge in [0.1, 0.15) is 0 Å². The summed E-state index contributed by atoms with van der Waals surface area (Å²) in [6.07, 6.45) is 5.32. The van der Waals surface area contributed by atoms with Crippen LogP contribution in [0.4, 0.5) is 0 Å². The van der Waals surface area contributed by atoms with Crippen LogP contribution in [-0.2, 0) is 0 Å². The van der Waals surface area contributed by atoms with E-state index in [1.165, 1.54) is 31.2 Å². The molecule has 0 saturated heterocycles. The van der Waals surface area contributed by atoms with Gasteiger partial charge in [0.25, 0.3) is 0 Å². The van der Waals surface area contributed by atoms with Crippen molar-refractivity contribution in [2.24, 2.45) is 11.3 Å². The van der Waals surface area contributed by atoms with Crippen molar-refractivity contribution in [3.8, 4) is 0 Å². The normalized spacial score (nSPS) is 24.9. The highest BCUT2D eigenvalue weighted by Crippen LogP contribution is 2.39. The molecule has 118 valence electrons. The summed E-state index contributed by atoms with van der Waals surface area (Å²) < 4.78 is 1.04. The fraction of sp³-hybridized carbons (Fsp3) is 0.667. The third-order valence-corrected chi connectivity index (χ3v) is 5.59. The fourth-order valence-corrected chi connectivity index (χ4v) is 4.47. The van der Waals surface area contributed by atoms with Crippen molar-refractivity contribution < 1.29 is 0 Å². The largest absolute Gasteiger partial charge is 0.307 e. The van der Waals surface area contributed by atoms with E-state index in [2.05, 4.69) is 61.1 Å². The number of nitrogens with one attached hydrogen (secondary N) is 1. The van der Waals surface area contributed by atoms with Gasteiger partial charge in [0.2, 0.25) is 0 Å². The highest BCUT2D eigenvalue weighted by molar-refractivity contribution is 9.10. The van der Waals surface area contributed by atoms with Crippen LogP contribution in [0.5, 0.6) is 0 Å². The van der Waals surface area contributed by atoms with E-state index >= 15 is 0 Å². The van der Waals surface area contributed by atoms with Gasteiger partial charge in [-0.3, -0.25) is 0 Å². The van der Waals surface area contributed by atoms with E-state index in [0.717, 1.165) is 15.4 Å². The van der Waals surface area contributed by atoms with Gasteiger partial charge in [0.15, 0.2) is 0 Å². The van der Waals surface area contributed by atoms with Gasteiger partial charge in [0.05, 0.1) is 0 Å². The number of rotatable bonds is 3. The van der Waals surface area contributed by atoms with Crippen molar-refractivity contribution in [3.05, 3.63) is 33.3 Å². The lowest BCUT2D eigenvalue weighted by Crippen LogP contribution is -2.45. The molecule has 0 spiro atoms. The topological polar surface area (TPSA) is 12.0 Å². The molecule has 2 rings (SSSR count). The van der Waals surface area contributed by atoms with Crippen LogP contribution in [0.1, 0.15) is 65.0 Å². The zero-order chi connectivity index (χ0) is 15.6. The average Bonchev–Trinajstić information content (AvgIpc) is 2.37. The molecule has 1 aliphatic carbocycles. The zero-order valence-corrected chi connectivity index (χ0v) is 15.9. The van der Waals surface area contributed by atoms with Crippen molar-refractivity contribution >= 4 is 27.5 Å². The molecule has 0 aliphatic heterocycles. The predicted molar refractivity (Wildman–Crippen MR) is 95.9 cm³/mol. The lowest BCUT2D eigenvalue weighted by atomic mass is 9.69. The van der Waals surface area contributed by atoms with Crippen LogP contribution in [0.2, 0.25) is 5.02 Å². The minimum absolute atomic E-state index is 0.290. The molecule has 1 aliphatic rings. The highest BCUT2D eigenvalue weighted by Gasteiger charge is 2.34. The first kappa shape index (κ1) is 17.3. The maximum absolute atomic E-state index is 6.40. The van der Waals surface area contributed by atoms with Gasteiger partial charge in [-0.15, -0.1) is 0 Å². The molecule has 0 amide bonds. The number of hydrogen-bond donors (Lipinski definition) is 1. The molecular weight excluding hydrogens is 346 g/mol. The molecule has 1 fully saturated rings. The first-order valence-electron chi connectivity index (χ1n) is 8.00. The first-order chi connectivity index (χ1) is 9.79. The van der Waals surface area contributed by atoms with E-state index in [0.29, 0.717) is 17.5 Å². The van der Waals surface area contributed by atoms with Gasteiger partial charge in [-0.25, -0.2) is 0 Å². The van der Waals surface area contributed by atoms with E-state index in [-0.39, 0.29) is 0 Å². The molecule has 1 saturated carbocycles. The average molecular weight is 373 g/mol. The second-order valence-corrected chi connectivity index (χ2v) is 8.74. The molecule has 1 N–H and O–H groups in total. The van der Waals surface area contributed by atoms with Crippen LogP contribution in [0.25, 0.3) is 0 Å². The van der Waals surface area contributed by atoms with Crippen LogP contribution < -0.4 is 5.32 Å². The molecule has 3 atom stereocenters. The first-order valence-corrected chi connectivity index (χ1v) is 9.17. The molecule has 1 aromatic rings. The van der Waals surface area contributed by atoms with Crippen LogP contribution in [0.3, 0.4) is 0 Å². The molecule has 3 unspecified atom stereocenters. The van der Waals surface area contributed by atoms with Gasteiger partial charge in [-0.2, -0.15) is 0 Å². The van der Waals surface area contributed by atoms with Crippen molar-refractivity contribution in [3.63, 3.8) is 0 Å². The van der Waals surface area contributed by atoms with Crippen LogP contribution in [-0.4, -0.2) is 6.04 Å². The summed E-state index contributed by atoms with van der Waals surface area (Å²) in [5.74, 6) is 0.739. The van der Waals surface area contributed by atoms with Gasteiger partial charge >= 0.3 is 0 Å². The SMILES string of the molecule is CC(NC1CCCCC1C(C)(C)C)c1ccc(Br)cc1Cl. The second kappa shape index (κ2) is 7.02. The van der Waals surface area contributed by atoms with Gasteiger partial charge in [0, 0.05) is 21.6 Å². The summed E-state index contributed by atoms with van der Waals surface area (Å²) in [6, 6.07) is 7.06. The van der Waals surface area contributed by atoms with E-state index in [1.807, 2.05) is 6.07 Å². The second-order valence-electron chi connectivity index (χ2n) is 7.42. The van der Waals surface area contributed by atoms with Gasteiger partial charge in [-0.05, 0) is 48.8 Å². The summed E-state index contributed by atoms with van der Waals surface area (Å²) in [5, 5.41) is 4.69. The Morgan fingerprint density at radius 1 is 1.24 bits per heavy atom. The van der Waals surface area contributed by atoms with E-state index in [9.17, 15) is 0 Å². The predicted octanol–water partition coefficient (Wildman–Crippen LogP) is 6.36. The van der Waals surface area contributed by atoms with Crippen LogP contribution in [0, 0.1) is 11.3 Å². The maximum Gasteiger partial charge on any atom is 0.0464 e. The van der Waals surface area contributed by atoms with E-state index in [4.69, 9.17) is 11.6 Å². The number of hydrogen-bond acceptors (Lipinski definition) is 1. The third kappa shape index (κ3) is 4.46. The Labute approximate surface area is 143 Å². The Morgan fingerprint density at radius 2 is 1.90 bits per heavy atom. The molecule has 0 heterocycles. The Kier molecular flexibility index (Phi) is 5.78. The van der Waals surface area contributed by atoms with Crippen molar-refractivity contribution in [2.45, 2.75) is 65.5 Å². The summed E-state index contributed by atoms with van der Waals surface area (Å²) >= 11 is 9.87. The van der Waals surface area contributed by atoms with Crippen molar-refractivity contribution in [1.82, 2.24) is 5.32 Å². The molecule has 1 nitrogen and oxygen atoms in total. The molecular formula is C18H27BrClN. The molecule has 0 radical (unpaired) electrons. The molecule has 1 aromatic carbocycles. The Morgan fingerprint density at radius 3 is 2.52 bits per heavy atom. The van der Waals surface area contributed by atoms with Crippen LogP contribution >= 0.6 is 27.5 Å². The summed E-state index contributed by atoms with van der Waals surface area (Å²) in [4.78, 5) is 0. The van der Waals surface area contributed by atoms with E-state index in [1.54, 1.807) is 0 Å². The Hall–Kier alpha value is -0.0500. The lowest BCUT2D eigenvalue weighted by molar-refractivity contribution is 0.124. The summed E-state index contributed by atoms with van der Waals surface area (Å²) in [6.45, 7) is 9.34. The lowest BCUT2D eigenvalue weighted by Gasteiger charge is -2.42. The number of halogens is 2. The highest BCUT2D eigenvalue weighted by atomic mass is 79.9. The molecule has 3 heteroatoms. The van der Waals surface area contributed by atoms with Crippen LogP contribution in [0.15, 0.2) is 22.7 Å². The summed E-state index contributed by atoms with van der Waals surface area (Å²) in [7, 11) is 0. The smallest absolute Gasteiger partial charge is 0.0464 e. The maximum atomic E-state index is 6.40. The quantitative estimate of drug-likeness (QED) is 0.651. The Bertz CT molecular complexity index is 481. The van der Waals surface area contributed by atoms with Crippen molar-refractivity contribution in [1.29, 1.82) is 0 Å². The monoisotopic (exact) mass is 371 g/mol. The molecule has 0 bridgehead atoms. The zero-order valence-electron chi connectivity index (χ0n) is 13.5. The van der Waals surface area contributed by atoms with Crippen molar-refractivity contribution in [2.75, 3.05) is 0 Å². The minimum atomic E-state index is 0.290. The van der Waals surface area contributed by atoms with Gasteiger partial charge < -0.3 is 5.32 Å².